The normalized spacial score (nSPS) is 11.0. The van der Waals surface area contributed by atoms with E-state index in [0.29, 0.717) is 37.4 Å². The van der Waals surface area contributed by atoms with Gasteiger partial charge in [0.25, 0.3) is 5.56 Å². The first-order valence-corrected chi connectivity index (χ1v) is 14.0. The van der Waals surface area contributed by atoms with Crippen molar-refractivity contribution in [3.8, 4) is 17.1 Å². The number of benzene rings is 3. The third-order valence-corrected chi connectivity index (χ3v) is 8.14. The van der Waals surface area contributed by atoms with Gasteiger partial charge in [0, 0.05) is 12.6 Å². The van der Waals surface area contributed by atoms with Crippen LogP contribution in [-0.2, 0) is 11.3 Å². The molecule has 2 aromatic heterocycles. The first-order valence-electron chi connectivity index (χ1n) is 11.8. The Labute approximate surface area is 232 Å². The zero-order chi connectivity index (χ0) is 26.6. The van der Waals surface area contributed by atoms with E-state index in [-0.39, 0.29) is 17.2 Å². The van der Waals surface area contributed by atoms with Crippen LogP contribution in [0.4, 0.5) is 0 Å². The van der Waals surface area contributed by atoms with E-state index in [1.165, 1.54) is 23.1 Å². The standard InChI is InChI=1S/C28H24N4O3S3/c1-18-11-13-20(14-12-18)32-26(34)24-25(31(28(36)38-24)21-9-6-10-22(15-21)35-2)30-27(32)37-17-23(33)29-16-19-7-4-3-5-8-19/h3-15H,16-17H2,1-2H3,(H,29,33). The van der Waals surface area contributed by atoms with Gasteiger partial charge in [-0.05, 0) is 49.0 Å². The molecule has 3 aromatic carbocycles. The Morgan fingerprint density at radius 1 is 1.03 bits per heavy atom. The fourth-order valence-corrected chi connectivity index (χ4v) is 6.05. The monoisotopic (exact) mass is 560 g/mol. The summed E-state index contributed by atoms with van der Waals surface area (Å²) in [7, 11) is 1.60. The first-order chi connectivity index (χ1) is 18.4. The van der Waals surface area contributed by atoms with Gasteiger partial charge in [0.15, 0.2) is 14.8 Å². The van der Waals surface area contributed by atoms with Crippen molar-refractivity contribution >= 4 is 51.6 Å². The molecule has 0 saturated carbocycles. The highest BCUT2D eigenvalue weighted by Gasteiger charge is 2.20. The van der Waals surface area contributed by atoms with E-state index in [2.05, 4.69) is 5.32 Å². The van der Waals surface area contributed by atoms with Gasteiger partial charge in [-0.1, -0.05) is 77.2 Å². The highest BCUT2D eigenvalue weighted by molar-refractivity contribution is 7.99. The van der Waals surface area contributed by atoms with E-state index in [1.54, 1.807) is 16.2 Å². The average molecular weight is 561 g/mol. The Hall–Kier alpha value is -3.73. The summed E-state index contributed by atoms with van der Waals surface area (Å²) in [5.41, 5.74) is 3.73. The van der Waals surface area contributed by atoms with Crippen LogP contribution in [0.2, 0.25) is 0 Å². The number of thioether (sulfide) groups is 1. The second kappa shape index (κ2) is 11.3. The van der Waals surface area contributed by atoms with Gasteiger partial charge in [-0.2, -0.15) is 0 Å². The lowest BCUT2D eigenvalue weighted by Gasteiger charge is -2.13. The van der Waals surface area contributed by atoms with Gasteiger partial charge < -0.3 is 10.1 Å². The quantitative estimate of drug-likeness (QED) is 0.149. The molecule has 1 amide bonds. The largest absolute Gasteiger partial charge is 0.497 e. The molecule has 5 aromatic rings. The van der Waals surface area contributed by atoms with Gasteiger partial charge in [0.1, 0.15) is 10.4 Å². The second-order valence-electron chi connectivity index (χ2n) is 8.48. The van der Waals surface area contributed by atoms with Crippen LogP contribution in [0.1, 0.15) is 11.1 Å². The maximum Gasteiger partial charge on any atom is 0.278 e. The second-order valence-corrected chi connectivity index (χ2v) is 11.1. The van der Waals surface area contributed by atoms with Crippen LogP contribution in [0.15, 0.2) is 88.8 Å². The fourth-order valence-electron chi connectivity index (χ4n) is 3.91. The van der Waals surface area contributed by atoms with Crippen molar-refractivity contribution in [3.63, 3.8) is 0 Å². The third-order valence-electron chi connectivity index (χ3n) is 5.85. The van der Waals surface area contributed by atoms with Crippen molar-refractivity contribution in [1.82, 2.24) is 19.4 Å². The molecule has 7 nitrogen and oxygen atoms in total. The molecule has 0 aliphatic carbocycles. The molecule has 192 valence electrons. The van der Waals surface area contributed by atoms with Crippen LogP contribution in [0.3, 0.4) is 0 Å². The highest BCUT2D eigenvalue weighted by atomic mass is 32.2. The minimum Gasteiger partial charge on any atom is -0.497 e. The summed E-state index contributed by atoms with van der Waals surface area (Å²) in [6.07, 6.45) is 0. The maximum atomic E-state index is 13.8. The van der Waals surface area contributed by atoms with Gasteiger partial charge in [-0.3, -0.25) is 18.7 Å². The summed E-state index contributed by atoms with van der Waals surface area (Å²) in [6, 6.07) is 24.8. The van der Waals surface area contributed by atoms with E-state index in [1.807, 2.05) is 85.8 Å². The molecule has 5 rings (SSSR count). The number of rotatable bonds is 8. The molecule has 0 unspecified atom stereocenters. The number of carbonyl (C=O) groups is 1. The number of nitrogens with one attached hydrogen (secondary N) is 1. The van der Waals surface area contributed by atoms with Crippen LogP contribution < -0.4 is 15.6 Å². The molecule has 0 spiro atoms. The molecule has 0 saturated heterocycles. The molecular formula is C28H24N4O3S3. The minimum atomic E-state index is -0.233. The van der Waals surface area contributed by atoms with E-state index < -0.39 is 0 Å². The number of fused-ring (bicyclic) bond motifs is 1. The van der Waals surface area contributed by atoms with Gasteiger partial charge in [-0.15, -0.1) is 0 Å². The van der Waals surface area contributed by atoms with Gasteiger partial charge >= 0.3 is 0 Å². The van der Waals surface area contributed by atoms with Crippen molar-refractivity contribution < 1.29 is 9.53 Å². The van der Waals surface area contributed by atoms with Crippen LogP contribution in [-0.4, -0.2) is 32.9 Å². The van der Waals surface area contributed by atoms with Crippen molar-refractivity contribution in [2.24, 2.45) is 0 Å². The maximum absolute atomic E-state index is 13.8. The Morgan fingerprint density at radius 3 is 2.53 bits per heavy atom. The van der Waals surface area contributed by atoms with Crippen LogP contribution in [0.25, 0.3) is 21.7 Å². The number of hydrogen-bond donors (Lipinski definition) is 1. The Morgan fingerprint density at radius 2 is 1.79 bits per heavy atom. The SMILES string of the molecule is COc1cccc(-n2c(=S)sc3c(=O)n(-c4ccc(C)cc4)c(SCC(=O)NCc4ccccc4)nc32)c1. The predicted molar refractivity (Wildman–Crippen MR) is 156 cm³/mol. The summed E-state index contributed by atoms with van der Waals surface area (Å²) >= 11 is 8.09. The van der Waals surface area contributed by atoms with Gasteiger partial charge in [0.2, 0.25) is 5.91 Å². The first kappa shape index (κ1) is 25.9. The summed E-state index contributed by atoms with van der Waals surface area (Å²) < 4.78 is 9.65. The van der Waals surface area contributed by atoms with Crippen molar-refractivity contribution in [3.05, 3.63) is 104 Å². The highest BCUT2D eigenvalue weighted by Crippen LogP contribution is 2.28. The van der Waals surface area contributed by atoms with Crippen molar-refractivity contribution in [2.45, 2.75) is 18.6 Å². The zero-order valence-electron chi connectivity index (χ0n) is 20.7. The Kier molecular flexibility index (Phi) is 7.73. The smallest absolute Gasteiger partial charge is 0.278 e. The van der Waals surface area contributed by atoms with Crippen LogP contribution in [0.5, 0.6) is 5.75 Å². The molecule has 0 radical (unpaired) electrons. The lowest BCUT2D eigenvalue weighted by Crippen LogP contribution is -2.26. The molecule has 0 bridgehead atoms. The third kappa shape index (κ3) is 5.42. The van der Waals surface area contributed by atoms with E-state index in [9.17, 15) is 9.59 Å². The number of hydrogen-bond acceptors (Lipinski definition) is 7. The fraction of sp³-hybridized carbons (Fsp3) is 0.143. The topological polar surface area (TPSA) is 78.1 Å². The molecule has 0 aliphatic rings. The van der Waals surface area contributed by atoms with Crippen molar-refractivity contribution in [1.29, 1.82) is 0 Å². The van der Waals surface area contributed by atoms with Crippen LogP contribution in [0, 0.1) is 10.9 Å². The molecular weight excluding hydrogens is 537 g/mol. The number of carbonyl (C=O) groups excluding carboxylic acids is 1. The van der Waals surface area contributed by atoms with E-state index in [4.69, 9.17) is 21.9 Å². The number of methoxy groups -OCH3 is 1. The molecule has 0 atom stereocenters. The number of nitrogens with zero attached hydrogens (tertiary/aromatic N) is 3. The van der Waals surface area contributed by atoms with Crippen LogP contribution >= 0.6 is 35.3 Å². The number of thiazole rings is 1. The summed E-state index contributed by atoms with van der Waals surface area (Å²) in [4.78, 5) is 31.4. The molecule has 1 N–H and O–H groups in total. The van der Waals surface area contributed by atoms with Gasteiger partial charge in [-0.25, -0.2) is 4.98 Å². The lowest BCUT2D eigenvalue weighted by molar-refractivity contribution is -0.118. The molecule has 0 fully saturated rings. The minimum absolute atomic E-state index is 0.0979. The van der Waals surface area contributed by atoms with E-state index in [0.717, 1.165) is 16.8 Å². The van der Waals surface area contributed by atoms with Crippen molar-refractivity contribution in [2.75, 3.05) is 12.9 Å². The predicted octanol–water partition coefficient (Wildman–Crippen LogP) is 5.69. The summed E-state index contributed by atoms with van der Waals surface area (Å²) in [5, 5.41) is 3.34. The summed E-state index contributed by atoms with van der Waals surface area (Å²) in [5.74, 6) is 0.612. The lowest BCUT2D eigenvalue weighted by atomic mass is 10.2. The number of amides is 1. The number of aryl methyl sites for hydroxylation is 1. The van der Waals surface area contributed by atoms with Gasteiger partial charge in [0.05, 0.1) is 24.2 Å². The summed E-state index contributed by atoms with van der Waals surface area (Å²) in [6.45, 7) is 2.41. The number of ether oxygens (including phenoxy) is 1. The average Bonchev–Trinajstić information content (AvgIpc) is 3.28. The Bertz CT molecular complexity index is 1730. The molecule has 10 heteroatoms. The molecule has 38 heavy (non-hydrogen) atoms. The molecule has 2 heterocycles. The zero-order valence-corrected chi connectivity index (χ0v) is 23.2. The number of aromatic nitrogens is 3. The molecule has 0 aliphatic heterocycles. The van der Waals surface area contributed by atoms with E-state index >= 15 is 0 Å². The Balaban J connectivity index is 1.56.